The number of carbonyl (C=O) groups excluding carboxylic acids is 1. The third-order valence-electron chi connectivity index (χ3n) is 7.46. The first-order valence-electron chi connectivity index (χ1n) is 10.8. The zero-order valence-corrected chi connectivity index (χ0v) is 17.2. The lowest BCUT2D eigenvalue weighted by Crippen LogP contribution is -2.45. The van der Waals surface area contributed by atoms with E-state index < -0.39 is 11.6 Å². The van der Waals surface area contributed by atoms with Crippen LogP contribution in [0.15, 0.2) is 42.5 Å². The predicted molar refractivity (Wildman–Crippen MR) is 113 cm³/mol. The summed E-state index contributed by atoms with van der Waals surface area (Å²) in [5.74, 6) is -0.426. The van der Waals surface area contributed by atoms with Crippen molar-refractivity contribution >= 4 is 11.9 Å². The van der Waals surface area contributed by atoms with Gasteiger partial charge in [0.05, 0.1) is 5.56 Å². The number of likely N-dealkylation sites (tertiary alicyclic amines) is 1. The molecule has 1 aliphatic heterocycles. The Labute approximate surface area is 176 Å². The Kier molecular flexibility index (Phi) is 4.30. The van der Waals surface area contributed by atoms with Crippen LogP contribution in [-0.4, -0.2) is 45.7 Å². The van der Waals surface area contributed by atoms with Crippen molar-refractivity contribution in [3.05, 3.63) is 59.2 Å². The monoisotopic (exact) mass is 405 g/mol. The van der Waals surface area contributed by atoms with Gasteiger partial charge in [-0.15, -0.1) is 0 Å². The molecule has 5 heteroatoms. The minimum atomic E-state index is -1.05. The van der Waals surface area contributed by atoms with Gasteiger partial charge in [0.2, 0.25) is 0 Å². The van der Waals surface area contributed by atoms with Crippen LogP contribution in [0.2, 0.25) is 0 Å². The first-order valence-corrected chi connectivity index (χ1v) is 10.8. The Bertz CT molecular complexity index is 1010. The summed E-state index contributed by atoms with van der Waals surface area (Å²) in [6, 6.07) is 13.9. The SMILES string of the molecule is Cc1cc(C(=O)O)ccc1-c1ccc([C@@H]2CC23CCN(C(=O)C2(O)CC2)CC3)cc1. The van der Waals surface area contributed by atoms with Gasteiger partial charge in [-0.2, -0.15) is 0 Å². The number of carboxylic acids is 1. The second-order valence-electron chi connectivity index (χ2n) is 9.40. The molecule has 2 saturated carbocycles. The fraction of sp³-hybridized carbons (Fsp3) is 0.440. The van der Waals surface area contributed by atoms with Gasteiger partial charge >= 0.3 is 5.97 Å². The van der Waals surface area contributed by atoms with Crippen molar-refractivity contribution in [2.75, 3.05) is 13.1 Å². The molecule has 0 unspecified atom stereocenters. The van der Waals surface area contributed by atoms with Crippen molar-refractivity contribution in [2.45, 2.75) is 50.5 Å². The van der Waals surface area contributed by atoms with Crippen LogP contribution in [0.5, 0.6) is 0 Å². The first kappa shape index (κ1) is 19.3. The molecule has 0 bridgehead atoms. The minimum absolute atomic E-state index is 0.0665. The smallest absolute Gasteiger partial charge is 0.335 e. The summed E-state index contributed by atoms with van der Waals surface area (Å²) >= 11 is 0. The summed E-state index contributed by atoms with van der Waals surface area (Å²) in [7, 11) is 0. The summed E-state index contributed by atoms with van der Waals surface area (Å²) in [6.45, 7) is 3.45. The van der Waals surface area contributed by atoms with E-state index in [1.165, 1.54) is 12.0 Å². The van der Waals surface area contributed by atoms with Gasteiger partial charge in [0.25, 0.3) is 5.91 Å². The van der Waals surface area contributed by atoms with Gasteiger partial charge < -0.3 is 15.1 Å². The summed E-state index contributed by atoms with van der Waals surface area (Å²) < 4.78 is 0. The molecule has 3 fully saturated rings. The quantitative estimate of drug-likeness (QED) is 0.807. The van der Waals surface area contributed by atoms with Gasteiger partial charge in [-0.25, -0.2) is 4.79 Å². The molecule has 1 amide bonds. The van der Waals surface area contributed by atoms with Gasteiger partial charge in [0.15, 0.2) is 0 Å². The molecule has 1 saturated heterocycles. The molecule has 1 atom stereocenters. The van der Waals surface area contributed by atoms with Crippen LogP contribution in [0, 0.1) is 12.3 Å². The number of piperidine rings is 1. The second-order valence-corrected chi connectivity index (χ2v) is 9.40. The number of carbonyl (C=O) groups is 2. The summed E-state index contributed by atoms with van der Waals surface area (Å²) in [5, 5.41) is 19.2. The van der Waals surface area contributed by atoms with E-state index >= 15 is 0 Å². The van der Waals surface area contributed by atoms with Crippen molar-refractivity contribution in [3.63, 3.8) is 0 Å². The predicted octanol–water partition coefficient (Wildman–Crippen LogP) is 3.98. The fourth-order valence-electron chi connectivity index (χ4n) is 5.17. The number of amides is 1. The van der Waals surface area contributed by atoms with E-state index in [9.17, 15) is 14.7 Å². The molecular formula is C25H27NO4. The normalized spacial score (nSPS) is 23.3. The van der Waals surface area contributed by atoms with E-state index in [4.69, 9.17) is 5.11 Å². The third-order valence-corrected chi connectivity index (χ3v) is 7.46. The Balaban J connectivity index is 1.25. The highest BCUT2D eigenvalue weighted by atomic mass is 16.4. The molecule has 5 rings (SSSR count). The molecule has 156 valence electrons. The lowest BCUT2D eigenvalue weighted by molar-refractivity contribution is -0.144. The zero-order chi connectivity index (χ0) is 21.1. The molecule has 2 aromatic carbocycles. The van der Waals surface area contributed by atoms with Gasteiger partial charge in [-0.05, 0) is 84.7 Å². The number of aryl methyl sites for hydroxylation is 1. The molecule has 30 heavy (non-hydrogen) atoms. The number of nitrogens with zero attached hydrogens (tertiary/aromatic N) is 1. The maximum absolute atomic E-state index is 12.4. The molecule has 0 aromatic heterocycles. The van der Waals surface area contributed by atoms with Crippen molar-refractivity contribution in [2.24, 2.45) is 5.41 Å². The van der Waals surface area contributed by atoms with Gasteiger partial charge in [-0.1, -0.05) is 30.3 Å². The maximum Gasteiger partial charge on any atom is 0.335 e. The van der Waals surface area contributed by atoms with E-state index in [1.807, 2.05) is 17.9 Å². The van der Waals surface area contributed by atoms with Gasteiger partial charge in [-0.3, -0.25) is 4.79 Å². The van der Waals surface area contributed by atoms with Crippen LogP contribution in [0.3, 0.4) is 0 Å². The fourth-order valence-corrected chi connectivity index (χ4v) is 5.17. The Morgan fingerprint density at radius 3 is 2.23 bits per heavy atom. The average Bonchev–Trinajstić information content (AvgIpc) is 3.66. The topological polar surface area (TPSA) is 77.8 Å². The van der Waals surface area contributed by atoms with E-state index in [0.29, 0.717) is 29.7 Å². The van der Waals surface area contributed by atoms with E-state index in [1.54, 1.807) is 12.1 Å². The van der Waals surface area contributed by atoms with Gasteiger partial charge in [0.1, 0.15) is 5.60 Å². The van der Waals surface area contributed by atoms with Crippen LogP contribution in [0.1, 0.15) is 59.5 Å². The van der Waals surface area contributed by atoms with Crippen LogP contribution >= 0.6 is 0 Å². The van der Waals surface area contributed by atoms with Crippen molar-refractivity contribution < 1.29 is 19.8 Å². The molecule has 3 aliphatic rings. The Morgan fingerprint density at radius 2 is 1.67 bits per heavy atom. The van der Waals surface area contributed by atoms with E-state index in [-0.39, 0.29) is 5.91 Å². The summed E-state index contributed by atoms with van der Waals surface area (Å²) in [4.78, 5) is 25.4. The lowest BCUT2D eigenvalue weighted by Gasteiger charge is -2.34. The second kappa shape index (κ2) is 6.67. The Morgan fingerprint density at radius 1 is 1.00 bits per heavy atom. The standard InChI is InChI=1S/C25H27NO4/c1-16-14-19(22(27)28)6-7-20(16)17-2-4-18(5-3-17)21-15-24(21)10-12-26(13-11-24)23(29)25(30)8-9-25/h2-7,14,21,30H,8-13,15H2,1H3,(H,27,28)/t21-/m0/s1. The molecule has 2 N–H and O–H groups in total. The minimum Gasteiger partial charge on any atom is -0.478 e. The molecule has 1 heterocycles. The van der Waals surface area contributed by atoms with E-state index in [2.05, 4.69) is 24.3 Å². The number of rotatable bonds is 4. The third kappa shape index (κ3) is 3.21. The lowest BCUT2D eigenvalue weighted by atomic mass is 9.88. The van der Waals surface area contributed by atoms with Crippen molar-refractivity contribution in [1.82, 2.24) is 4.90 Å². The van der Waals surface area contributed by atoms with Crippen LogP contribution in [0.4, 0.5) is 0 Å². The number of aliphatic hydroxyl groups is 1. The van der Waals surface area contributed by atoms with E-state index in [0.717, 1.165) is 42.6 Å². The highest BCUT2D eigenvalue weighted by Crippen LogP contribution is 2.65. The van der Waals surface area contributed by atoms with Crippen molar-refractivity contribution in [3.8, 4) is 11.1 Å². The largest absolute Gasteiger partial charge is 0.478 e. The molecule has 1 spiro atoms. The average molecular weight is 405 g/mol. The summed E-state index contributed by atoms with van der Waals surface area (Å²) in [5.41, 5.74) is 4.03. The number of hydrogen-bond donors (Lipinski definition) is 2. The van der Waals surface area contributed by atoms with Crippen LogP contribution in [-0.2, 0) is 4.79 Å². The summed E-state index contributed by atoms with van der Waals surface area (Å²) in [6.07, 6.45) is 4.42. The first-order chi connectivity index (χ1) is 14.3. The number of hydrogen-bond acceptors (Lipinski definition) is 3. The molecule has 0 radical (unpaired) electrons. The molecular weight excluding hydrogens is 378 g/mol. The van der Waals surface area contributed by atoms with Gasteiger partial charge in [0, 0.05) is 13.1 Å². The highest BCUT2D eigenvalue weighted by molar-refractivity contribution is 5.89. The number of aromatic carboxylic acids is 1. The maximum atomic E-state index is 12.4. The zero-order valence-electron chi connectivity index (χ0n) is 17.2. The molecule has 2 aliphatic carbocycles. The molecule has 2 aromatic rings. The van der Waals surface area contributed by atoms with Crippen LogP contribution < -0.4 is 0 Å². The van der Waals surface area contributed by atoms with Crippen molar-refractivity contribution in [1.29, 1.82) is 0 Å². The Hall–Kier alpha value is -2.66. The van der Waals surface area contributed by atoms with Crippen LogP contribution in [0.25, 0.3) is 11.1 Å². The number of carboxylic acid groups (broad SMARTS) is 1. The molecule has 5 nitrogen and oxygen atoms in total. The highest BCUT2D eigenvalue weighted by Gasteiger charge is 2.57. The number of benzene rings is 2.